The van der Waals surface area contributed by atoms with Gasteiger partial charge < -0.3 is 19.8 Å². The fourth-order valence-corrected chi connectivity index (χ4v) is 1.51. The number of nitrogens with zero attached hydrogens (tertiary/aromatic N) is 3. The molecule has 0 saturated heterocycles. The molecule has 0 unspecified atom stereocenters. The van der Waals surface area contributed by atoms with E-state index in [9.17, 15) is 9.59 Å². The number of esters is 2. The van der Waals surface area contributed by atoms with Crippen molar-refractivity contribution in [3.05, 3.63) is 11.9 Å². The Kier molecular flexibility index (Phi) is 5.05. The van der Waals surface area contributed by atoms with Crippen molar-refractivity contribution < 1.29 is 19.1 Å². The minimum Gasteiger partial charge on any atom is -0.464 e. The van der Waals surface area contributed by atoms with Gasteiger partial charge in [0.05, 0.1) is 18.9 Å². The number of hydrogen-bond acceptors (Lipinski definition) is 7. The molecule has 0 aliphatic carbocycles. The van der Waals surface area contributed by atoms with Gasteiger partial charge in [-0.1, -0.05) is 5.21 Å². The number of carbonyl (C=O) groups is 2. The Balaban J connectivity index is 2.97. The van der Waals surface area contributed by atoms with Gasteiger partial charge in [-0.2, -0.15) is 0 Å². The van der Waals surface area contributed by atoms with Crippen molar-refractivity contribution in [1.29, 1.82) is 0 Å². The number of hydrogen-bond donors (Lipinski definition) is 1. The summed E-state index contributed by atoms with van der Waals surface area (Å²) in [4.78, 5) is 23.8. The van der Waals surface area contributed by atoms with E-state index >= 15 is 0 Å². The van der Waals surface area contributed by atoms with Crippen LogP contribution in [0.2, 0.25) is 0 Å². The predicted octanol–water partition coefficient (Wildman–Crippen LogP) is -1.96. The largest absolute Gasteiger partial charge is 0.464 e. The van der Waals surface area contributed by atoms with Gasteiger partial charge in [0.15, 0.2) is 0 Å². The number of ether oxygens (including phenoxy) is 2. The molecule has 1 aromatic rings. The lowest BCUT2D eigenvalue weighted by Crippen LogP contribution is -2.58. The fourth-order valence-electron chi connectivity index (χ4n) is 1.51. The van der Waals surface area contributed by atoms with E-state index in [2.05, 4.69) is 10.3 Å². The Hall–Kier alpha value is -1.90. The van der Waals surface area contributed by atoms with Gasteiger partial charge >= 0.3 is 11.9 Å². The third-order valence-corrected chi connectivity index (χ3v) is 2.39. The topological polar surface area (TPSA) is 109 Å². The van der Waals surface area contributed by atoms with Crippen LogP contribution in [0.15, 0.2) is 6.20 Å². The average Bonchev–Trinajstić information content (AvgIpc) is 2.75. The van der Waals surface area contributed by atoms with Crippen molar-refractivity contribution in [1.82, 2.24) is 14.9 Å². The first-order valence-corrected chi connectivity index (χ1v) is 5.92. The molecule has 0 radical (unpaired) electrons. The van der Waals surface area contributed by atoms with Gasteiger partial charge in [0.2, 0.25) is 5.54 Å². The van der Waals surface area contributed by atoms with Crippen LogP contribution in [0.25, 0.3) is 0 Å². The second kappa shape index (κ2) is 6.32. The maximum atomic E-state index is 11.9. The van der Waals surface area contributed by atoms with E-state index in [1.165, 1.54) is 4.59 Å². The van der Waals surface area contributed by atoms with Crippen molar-refractivity contribution in [3.63, 3.8) is 0 Å². The molecule has 1 aromatic heterocycles. The first kappa shape index (κ1) is 15.2. The SMILES string of the molecule is Bn1cc(CC(N)(C(=O)OCC)C(=O)OCC)nn1. The van der Waals surface area contributed by atoms with Crippen molar-refractivity contribution in [2.45, 2.75) is 25.8 Å². The highest BCUT2D eigenvalue weighted by Crippen LogP contribution is 2.13. The van der Waals surface area contributed by atoms with E-state index in [-0.39, 0.29) is 19.6 Å². The number of carbonyl (C=O) groups excluding carboxylic acids is 2. The Bertz CT molecular complexity index is 444. The maximum absolute atomic E-state index is 11.9. The summed E-state index contributed by atoms with van der Waals surface area (Å²) >= 11 is 0. The van der Waals surface area contributed by atoms with Gasteiger partial charge in [-0.15, -0.1) is 5.10 Å². The monoisotopic (exact) mass is 268 g/mol. The lowest BCUT2D eigenvalue weighted by atomic mass is 9.95. The van der Waals surface area contributed by atoms with Crippen LogP contribution >= 0.6 is 0 Å². The molecular weight excluding hydrogens is 251 g/mol. The van der Waals surface area contributed by atoms with E-state index in [1.54, 1.807) is 28.0 Å². The quantitative estimate of drug-likeness (QED) is 0.362. The van der Waals surface area contributed by atoms with Crippen LogP contribution < -0.4 is 5.73 Å². The smallest absolute Gasteiger partial charge is 0.338 e. The molecule has 0 spiro atoms. The molecule has 0 aromatic carbocycles. The number of aromatic nitrogens is 3. The second-order valence-corrected chi connectivity index (χ2v) is 3.97. The summed E-state index contributed by atoms with van der Waals surface area (Å²) in [6, 6.07) is 0. The first-order valence-electron chi connectivity index (χ1n) is 5.92. The van der Waals surface area contributed by atoms with E-state index in [4.69, 9.17) is 15.2 Å². The van der Waals surface area contributed by atoms with E-state index in [1.807, 2.05) is 0 Å². The third-order valence-electron chi connectivity index (χ3n) is 2.39. The maximum Gasteiger partial charge on any atom is 0.338 e. The molecule has 9 heteroatoms. The van der Waals surface area contributed by atoms with Crippen LogP contribution in [-0.4, -0.2) is 53.6 Å². The van der Waals surface area contributed by atoms with Gasteiger partial charge in [0.1, 0.15) is 0 Å². The lowest BCUT2D eigenvalue weighted by molar-refractivity contribution is -0.164. The van der Waals surface area contributed by atoms with E-state index < -0.39 is 17.5 Å². The summed E-state index contributed by atoms with van der Waals surface area (Å²) in [5.41, 5.74) is 4.38. The summed E-state index contributed by atoms with van der Waals surface area (Å²) in [5.74, 6) is -1.67. The molecule has 1 heterocycles. The molecule has 104 valence electrons. The summed E-state index contributed by atoms with van der Waals surface area (Å²) in [6.45, 7) is 3.51. The zero-order valence-corrected chi connectivity index (χ0v) is 11.3. The first-order chi connectivity index (χ1) is 8.93. The average molecular weight is 268 g/mol. The summed E-state index contributed by atoms with van der Waals surface area (Å²) < 4.78 is 11.1. The van der Waals surface area contributed by atoms with E-state index in [0.717, 1.165) is 0 Å². The summed E-state index contributed by atoms with van der Waals surface area (Å²) in [6.07, 6.45) is 1.44. The molecular formula is C10H17BN4O4. The van der Waals surface area contributed by atoms with E-state index in [0.29, 0.717) is 5.69 Å². The molecule has 0 fully saturated rings. The standard InChI is InChI=1S/C10H17BN4O4/c1-3-18-8(16)10(12,9(17)19-4-2)5-7-6-15(11)14-13-7/h6H,3-5,11-12H2,1-2H3. The van der Waals surface area contributed by atoms with Crippen LogP contribution in [0.3, 0.4) is 0 Å². The van der Waals surface area contributed by atoms with Gasteiger partial charge in [-0.05, 0) is 13.8 Å². The predicted molar refractivity (Wildman–Crippen MR) is 67.9 cm³/mol. The highest BCUT2D eigenvalue weighted by Gasteiger charge is 2.46. The molecule has 8 nitrogen and oxygen atoms in total. The van der Waals surface area contributed by atoms with Crippen LogP contribution in [0.5, 0.6) is 0 Å². The Morgan fingerprint density at radius 1 is 1.37 bits per heavy atom. The summed E-state index contributed by atoms with van der Waals surface area (Å²) in [7, 11) is 1.67. The van der Waals surface area contributed by atoms with Gasteiger partial charge in [0, 0.05) is 12.6 Å². The molecule has 0 saturated carbocycles. The third kappa shape index (κ3) is 3.54. The minimum absolute atomic E-state index is 0.123. The number of nitrogens with two attached hydrogens (primary N) is 1. The highest BCUT2D eigenvalue weighted by atomic mass is 16.6. The zero-order chi connectivity index (χ0) is 14.5. The molecule has 0 atom stereocenters. The van der Waals surface area contributed by atoms with Gasteiger partial charge in [0.25, 0.3) is 7.98 Å². The lowest BCUT2D eigenvalue weighted by Gasteiger charge is -2.23. The summed E-state index contributed by atoms with van der Waals surface area (Å²) in [5, 5.41) is 7.52. The zero-order valence-electron chi connectivity index (χ0n) is 11.3. The van der Waals surface area contributed by atoms with Crippen LogP contribution in [-0.2, 0) is 25.5 Å². The number of rotatable bonds is 6. The molecule has 0 amide bonds. The van der Waals surface area contributed by atoms with Crippen LogP contribution in [0, 0.1) is 0 Å². The fraction of sp³-hybridized carbons (Fsp3) is 0.600. The Morgan fingerprint density at radius 3 is 2.26 bits per heavy atom. The molecule has 0 aliphatic rings. The molecule has 0 bridgehead atoms. The van der Waals surface area contributed by atoms with Crippen LogP contribution in [0.4, 0.5) is 0 Å². The second-order valence-electron chi connectivity index (χ2n) is 3.97. The Morgan fingerprint density at radius 2 is 1.89 bits per heavy atom. The molecule has 19 heavy (non-hydrogen) atoms. The van der Waals surface area contributed by atoms with Crippen molar-refractivity contribution in [3.8, 4) is 0 Å². The Labute approximate surface area is 111 Å². The van der Waals surface area contributed by atoms with Crippen molar-refractivity contribution in [2.24, 2.45) is 5.73 Å². The highest BCUT2D eigenvalue weighted by molar-refractivity contribution is 6.06. The normalized spacial score (nSPS) is 11.1. The molecule has 1 rings (SSSR count). The van der Waals surface area contributed by atoms with Crippen molar-refractivity contribution >= 4 is 19.9 Å². The van der Waals surface area contributed by atoms with Crippen LogP contribution in [0.1, 0.15) is 19.5 Å². The molecule has 2 N–H and O–H groups in total. The molecule has 0 aliphatic heterocycles. The van der Waals surface area contributed by atoms with Gasteiger partial charge in [-0.3, -0.25) is 0 Å². The minimum atomic E-state index is -1.90. The van der Waals surface area contributed by atoms with Gasteiger partial charge in [-0.25, -0.2) is 9.59 Å². The van der Waals surface area contributed by atoms with Crippen molar-refractivity contribution in [2.75, 3.05) is 13.2 Å².